The summed E-state index contributed by atoms with van der Waals surface area (Å²) >= 11 is 0. The highest BCUT2D eigenvalue weighted by atomic mass is 19.1. The van der Waals surface area contributed by atoms with Crippen molar-refractivity contribution < 1.29 is 9.18 Å². The van der Waals surface area contributed by atoms with Crippen LogP contribution in [0.5, 0.6) is 0 Å². The predicted octanol–water partition coefficient (Wildman–Crippen LogP) is 3.10. The van der Waals surface area contributed by atoms with Crippen molar-refractivity contribution in [2.24, 2.45) is 0 Å². The minimum Gasteiger partial charge on any atom is -0.347 e. The average Bonchev–Trinajstić information content (AvgIpc) is 3.26. The zero-order chi connectivity index (χ0) is 25.0. The van der Waals surface area contributed by atoms with E-state index in [1.54, 1.807) is 29.2 Å². The van der Waals surface area contributed by atoms with Gasteiger partial charge in [0, 0.05) is 56.6 Å². The number of amides is 1. The van der Waals surface area contributed by atoms with Gasteiger partial charge in [-0.25, -0.2) is 14.4 Å². The van der Waals surface area contributed by atoms with Crippen molar-refractivity contribution in [1.82, 2.24) is 30.0 Å². The summed E-state index contributed by atoms with van der Waals surface area (Å²) < 4.78 is 15.1. The quantitative estimate of drug-likeness (QED) is 0.561. The van der Waals surface area contributed by atoms with Crippen LogP contribution in [0.2, 0.25) is 0 Å². The van der Waals surface area contributed by atoms with E-state index >= 15 is 0 Å². The molecule has 0 spiro atoms. The third kappa shape index (κ3) is 6.42. The number of halogens is 1. The SMILES string of the molecule is CC(CN1CCN(c2ncccn2)CC1)NC(=O)c1cc(C(C)(C)C)nn1Cc1ccc(F)cc1. The van der Waals surface area contributed by atoms with Crippen LogP contribution in [0.3, 0.4) is 0 Å². The second-order valence-electron chi connectivity index (χ2n) is 10.2. The van der Waals surface area contributed by atoms with Gasteiger partial charge >= 0.3 is 0 Å². The molecular formula is C26H34FN7O. The van der Waals surface area contributed by atoms with Gasteiger partial charge in [0.2, 0.25) is 5.95 Å². The minimum absolute atomic E-state index is 0.0331. The fraction of sp³-hybridized carbons (Fsp3) is 0.462. The highest BCUT2D eigenvalue weighted by Crippen LogP contribution is 2.22. The zero-order valence-electron chi connectivity index (χ0n) is 20.9. The van der Waals surface area contributed by atoms with Crippen molar-refractivity contribution in [2.75, 3.05) is 37.6 Å². The van der Waals surface area contributed by atoms with Crippen LogP contribution < -0.4 is 10.2 Å². The summed E-state index contributed by atoms with van der Waals surface area (Å²) in [5.41, 5.74) is 2.04. The fourth-order valence-corrected chi connectivity index (χ4v) is 4.16. The van der Waals surface area contributed by atoms with Gasteiger partial charge in [-0.2, -0.15) is 5.10 Å². The molecule has 1 amide bonds. The van der Waals surface area contributed by atoms with Crippen LogP contribution in [0.15, 0.2) is 48.8 Å². The molecule has 0 aliphatic carbocycles. The summed E-state index contributed by atoms with van der Waals surface area (Å²) in [6.07, 6.45) is 3.52. The summed E-state index contributed by atoms with van der Waals surface area (Å²) in [6, 6.07) is 9.94. The lowest BCUT2D eigenvalue weighted by atomic mass is 9.92. The molecule has 1 unspecified atom stereocenters. The van der Waals surface area contributed by atoms with Crippen molar-refractivity contribution in [1.29, 1.82) is 0 Å². The van der Waals surface area contributed by atoms with Gasteiger partial charge in [0.25, 0.3) is 5.91 Å². The number of carbonyl (C=O) groups is 1. The van der Waals surface area contributed by atoms with E-state index in [4.69, 9.17) is 5.10 Å². The summed E-state index contributed by atoms with van der Waals surface area (Å²) in [4.78, 5) is 26.5. The van der Waals surface area contributed by atoms with Gasteiger partial charge in [0.15, 0.2) is 0 Å². The molecule has 1 aliphatic rings. The molecule has 1 aliphatic heterocycles. The zero-order valence-corrected chi connectivity index (χ0v) is 20.9. The Morgan fingerprint density at radius 3 is 2.37 bits per heavy atom. The van der Waals surface area contributed by atoms with E-state index in [1.807, 2.05) is 19.1 Å². The third-order valence-electron chi connectivity index (χ3n) is 6.14. The first kappa shape index (κ1) is 24.8. The highest BCUT2D eigenvalue weighted by molar-refractivity contribution is 5.93. The molecule has 8 nitrogen and oxygen atoms in total. The van der Waals surface area contributed by atoms with Gasteiger partial charge in [-0.3, -0.25) is 14.4 Å². The van der Waals surface area contributed by atoms with Crippen LogP contribution in [0, 0.1) is 5.82 Å². The number of nitrogens with zero attached hydrogens (tertiary/aromatic N) is 6. The van der Waals surface area contributed by atoms with Gasteiger partial charge in [-0.1, -0.05) is 32.9 Å². The Bertz CT molecular complexity index is 1120. The van der Waals surface area contributed by atoms with Crippen LogP contribution in [-0.2, 0) is 12.0 Å². The molecule has 186 valence electrons. The number of rotatable bonds is 7. The maximum atomic E-state index is 13.3. The Hall–Kier alpha value is -3.33. The molecule has 2 aromatic heterocycles. The van der Waals surface area contributed by atoms with E-state index in [-0.39, 0.29) is 23.2 Å². The predicted molar refractivity (Wildman–Crippen MR) is 134 cm³/mol. The molecule has 1 aromatic carbocycles. The molecular weight excluding hydrogens is 445 g/mol. The topological polar surface area (TPSA) is 79.2 Å². The van der Waals surface area contributed by atoms with Gasteiger partial charge in [-0.05, 0) is 36.8 Å². The van der Waals surface area contributed by atoms with Crippen molar-refractivity contribution in [2.45, 2.75) is 45.7 Å². The third-order valence-corrected chi connectivity index (χ3v) is 6.14. The molecule has 4 rings (SSSR count). The van der Waals surface area contributed by atoms with E-state index < -0.39 is 0 Å². The average molecular weight is 480 g/mol. The van der Waals surface area contributed by atoms with Gasteiger partial charge in [0.05, 0.1) is 12.2 Å². The first-order chi connectivity index (χ1) is 16.7. The second-order valence-corrected chi connectivity index (χ2v) is 10.2. The number of carbonyl (C=O) groups excluding carboxylic acids is 1. The molecule has 1 fully saturated rings. The molecule has 1 N–H and O–H groups in total. The van der Waals surface area contributed by atoms with Gasteiger partial charge < -0.3 is 10.2 Å². The Balaban J connectivity index is 1.38. The van der Waals surface area contributed by atoms with Gasteiger partial charge in [-0.15, -0.1) is 0 Å². The smallest absolute Gasteiger partial charge is 0.269 e. The molecule has 1 atom stereocenters. The molecule has 9 heteroatoms. The number of aromatic nitrogens is 4. The lowest BCUT2D eigenvalue weighted by Crippen LogP contribution is -2.51. The highest BCUT2D eigenvalue weighted by Gasteiger charge is 2.25. The summed E-state index contributed by atoms with van der Waals surface area (Å²) in [6.45, 7) is 12.9. The van der Waals surface area contributed by atoms with Crippen molar-refractivity contribution in [3.8, 4) is 0 Å². The Morgan fingerprint density at radius 2 is 1.74 bits per heavy atom. The molecule has 0 bridgehead atoms. The monoisotopic (exact) mass is 479 g/mol. The molecule has 3 aromatic rings. The maximum absolute atomic E-state index is 13.3. The normalized spacial score (nSPS) is 15.7. The van der Waals surface area contributed by atoms with Crippen molar-refractivity contribution in [3.63, 3.8) is 0 Å². The molecule has 1 saturated heterocycles. The van der Waals surface area contributed by atoms with E-state index in [1.165, 1.54) is 12.1 Å². The van der Waals surface area contributed by atoms with E-state index in [9.17, 15) is 9.18 Å². The molecule has 0 saturated carbocycles. The number of benzene rings is 1. The number of hydrogen-bond donors (Lipinski definition) is 1. The number of anilines is 1. The summed E-state index contributed by atoms with van der Waals surface area (Å²) in [5, 5.41) is 7.86. The summed E-state index contributed by atoms with van der Waals surface area (Å²) in [5.74, 6) is 0.324. The molecule has 3 heterocycles. The van der Waals surface area contributed by atoms with E-state index in [0.717, 1.165) is 49.9 Å². The second kappa shape index (κ2) is 10.5. The first-order valence-electron chi connectivity index (χ1n) is 12.1. The lowest BCUT2D eigenvalue weighted by molar-refractivity contribution is 0.0917. The Kier molecular flexibility index (Phi) is 7.45. The molecule has 35 heavy (non-hydrogen) atoms. The lowest BCUT2D eigenvalue weighted by Gasteiger charge is -2.35. The van der Waals surface area contributed by atoms with E-state index in [2.05, 4.69) is 45.9 Å². The van der Waals surface area contributed by atoms with Crippen LogP contribution >= 0.6 is 0 Å². The standard InChI is InChI=1S/C26H34FN7O/c1-19(17-32-12-14-33(15-13-32)25-28-10-5-11-29-25)30-24(35)22-16-23(26(2,3)4)31-34(22)18-20-6-8-21(27)9-7-20/h5-11,16,19H,12-15,17-18H2,1-4H3,(H,30,35). The Labute approximate surface area is 206 Å². The number of hydrogen-bond acceptors (Lipinski definition) is 6. The molecule has 0 radical (unpaired) electrons. The maximum Gasteiger partial charge on any atom is 0.269 e. The largest absolute Gasteiger partial charge is 0.347 e. The van der Waals surface area contributed by atoms with Crippen molar-refractivity contribution in [3.05, 3.63) is 71.6 Å². The minimum atomic E-state index is -0.284. The number of piperazine rings is 1. The van der Waals surface area contributed by atoms with E-state index in [0.29, 0.717) is 12.2 Å². The van der Waals surface area contributed by atoms with Crippen LogP contribution in [-0.4, -0.2) is 69.3 Å². The van der Waals surface area contributed by atoms with Gasteiger partial charge in [0.1, 0.15) is 11.5 Å². The summed E-state index contributed by atoms with van der Waals surface area (Å²) in [7, 11) is 0. The Morgan fingerprint density at radius 1 is 1.09 bits per heavy atom. The number of nitrogens with one attached hydrogen (secondary N) is 1. The van der Waals surface area contributed by atoms with Crippen LogP contribution in [0.4, 0.5) is 10.3 Å². The first-order valence-corrected chi connectivity index (χ1v) is 12.1. The van der Waals surface area contributed by atoms with Crippen LogP contribution in [0.1, 0.15) is 49.4 Å². The van der Waals surface area contributed by atoms with Crippen molar-refractivity contribution >= 4 is 11.9 Å². The van der Waals surface area contributed by atoms with Crippen LogP contribution in [0.25, 0.3) is 0 Å². The fourth-order valence-electron chi connectivity index (χ4n) is 4.16.